The summed E-state index contributed by atoms with van der Waals surface area (Å²) in [5.41, 5.74) is 4.04. The fourth-order valence-electron chi connectivity index (χ4n) is 0.511. The van der Waals surface area contributed by atoms with E-state index in [-0.39, 0.29) is 0 Å². The summed E-state index contributed by atoms with van der Waals surface area (Å²) in [6.07, 6.45) is 2.05. The first-order chi connectivity index (χ1) is 4.77. The van der Waals surface area contributed by atoms with Gasteiger partial charge in [0.25, 0.3) is 0 Å². The zero-order valence-electron chi connectivity index (χ0n) is 6.94. The number of rotatable bonds is 6. The van der Waals surface area contributed by atoms with Crippen molar-refractivity contribution in [1.82, 2.24) is 5.48 Å². The van der Waals surface area contributed by atoms with Crippen LogP contribution in [0.2, 0.25) is 0 Å². The number of hydrogen-bond acceptors (Lipinski definition) is 2. The van der Waals surface area contributed by atoms with E-state index in [2.05, 4.69) is 19.0 Å². The van der Waals surface area contributed by atoms with Gasteiger partial charge in [-0.3, -0.25) is 0 Å². The SMILES string of the molecule is C=C(C)CCNOCCC. The molecule has 60 valence electrons. The molecule has 10 heavy (non-hydrogen) atoms. The summed E-state index contributed by atoms with van der Waals surface area (Å²) >= 11 is 0. The Morgan fingerprint density at radius 1 is 1.60 bits per heavy atom. The normalized spacial score (nSPS) is 9.80. The van der Waals surface area contributed by atoms with Crippen LogP contribution in [0, 0.1) is 0 Å². The van der Waals surface area contributed by atoms with E-state index in [1.807, 2.05) is 6.92 Å². The Morgan fingerprint density at radius 2 is 2.30 bits per heavy atom. The van der Waals surface area contributed by atoms with Gasteiger partial charge in [-0.15, -0.1) is 6.58 Å². The molecule has 0 spiro atoms. The summed E-state index contributed by atoms with van der Waals surface area (Å²) in [6.45, 7) is 9.53. The molecular formula is C8H17NO. The van der Waals surface area contributed by atoms with Crippen LogP contribution in [-0.4, -0.2) is 13.2 Å². The van der Waals surface area contributed by atoms with Gasteiger partial charge in [-0.05, 0) is 19.8 Å². The highest BCUT2D eigenvalue weighted by Gasteiger charge is 1.86. The van der Waals surface area contributed by atoms with Gasteiger partial charge in [0.15, 0.2) is 0 Å². The first-order valence-corrected chi connectivity index (χ1v) is 3.76. The third kappa shape index (κ3) is 7.66. The summed E-state index contributed by atoms with van der Waals surface area (Å²) in [5, 5.41) is 0. The van der Waals surface area contributed by atoms with Crippen molar-refractivity contribution >= 4 is 0 Å². The minimum atomic E-state index is 0.788. The standard InChI is InChI=1S/C8H17NO/c1-4-7-10-9-6-5-8(2)3/h9H,2,4-7H2,1,3H3. The van der Waals surface area contributed by atoms with Crippen LogP contribution < -0.4 is 5.48 Å². The molecule has 0 saturated heterocycles. The quantitative estimate of drug-likeness (QED) is 0.348. The Kier molecular flexibility index (Phi) is 6.55. The van der Waals surface area contributed by atoms with E-state index in [1.54, 1.807) is 0 Å². The van der Waals surface area contributed by atoms with Crippen LogP contribution in [0.3, 0.4) is 0 Å². The highest BCUT2D eigenvalue weighted by atomic mass is 16.6. The van der Waals surface area contributed by atoms with Crippen LogP contribution in [0.4, 0.5) is 0 Å². The molecule has 0 amide bonds. The summed E-state index contributed by atoms with van der Waals surface area (Å²) < 4.78 is 0. The van der Waals surface area contributed by atoms with Crippen LogP contribution in [0.1, 0.15) is 26.7 Å². The van der Waals surface area contributed by atoms with Crippen LogP contribution in [0.5, 0.6) is 0 Å². The molecule has 0 aliphatic rings. The molecule has 0 atom stereocenters. The molecule has 0 aliphatic carbocycles. The lowest BCUT2D eigenvalue weighted by molar-refractivity contribution is 0.0425. The smallest absolute Gasteiger partial charge is 0.0679 e. The average Bonchev–Trinajstić information content (AvgIpc) is 1.87. The highest BCUT2D eigenvalue weighted by molar-refractivity contribution is 4.87. The van der Waals surface area contributed by atoms with Crippen LogP contribution in [0.25, 0.3) is 0 Å². The van der Waals surface area contributed by atoms with Gasteiger partial charge in [0.2, 0.25) is 0 Å². The van der Waals surface area contributed by atoms with Crippen molar-refractivity contribution in [3.63, 3.8) is 0 Å². The third-order valence-corrected chi connectivity index (χ3v) is 1.06. The van der Waals surface area contributed by atoms with Gasteiger partial charge in [-0.1, -0.05) is 12.5 Å². The molecule has 0 aromatic carbocycles. The fraction of sp³-hybridized carbons (Fsp3) is 0.750. The van der Waals surface area contributed by atoms with Gasteiger partial charge in [0.1, 0.15) is 0 Å². The lowest BCUT2D eigenvalue weighted by atomic mass is 10.2. The second-order valence-corrected chi connectivity index (χ2v) is 2.45. The molecule has 0 radical (unpaired) electrons. The predicted molar refractivity (Wildman–Crippen MR) is 43.7 cm³/mol. The van der Waals surface area contributed by atoms with Crippen LogP contribution in [0.15, 0.2) is 12.2 Å². The lowest BCUT2D eigenvalue weighted by Crippen LogP contribution is -2.16. The van der Waals surface area contributed by atoms with Gasteiger partial charge in [-0.25, -0.2) is 5.48 Å². The van der Waals surface area contributed by atoms with E-state index in [4.69, 9.17) is 4.84 Å². The van der Waals surface area contributed by atoms with E-state index in [1.165, 1.54) is 5.57 Å². The van der Waals surface area contributed by atoms with E-state index in [0.29, 0.717) is 0 Å². The minimum Gasteiger partial charge on any atom is -0.302 e. The number of nitrogens with one attached hydrogen (secondary N) is 1. The number of hydroxylamine groups is 1. The van der Waals surface area contributed by atoms with E-state index >= 15 is 0 Å². The second kappa shape index (κ2) is 6.78. The van der Waals surface area contributed by atoms with Gasteiger partial charge < -0.3 is 4.84 Å². The van der Waals surface area contributed by atoms with Crippen molar-refractivity contribution in [1.29, 1.82) is 0 Å². The molecular weight excluding hydrogens is 126 g/mol. The fourth-order valence-corrected chi connectivity index (χ4v) is 0.511. The molecule has 0 saturated carbocycles. The predicted octanol–water partition coefficient (Wildman–Crippen LogP) is 1.88. The summed E-state index contributed by atoms with van der Waals surface area (Å²) in [4.78, 5) is 5.04. The molecule has 0 aliphatic heterocycles. The van der Waals surface area contributed by atoms with E-state index < -0.39 is 0 Å². The van der Waals surface area contributed by atoms with Gasteiger partial charge in [0.05, 0.1) is 6.61 Å². The van der Waals surface area contributed by atoms with E-state index in [0.717, 1.165) is 26.0 Å². The Hall–Kier alpha value is -0.340. The molecule has 0 aromatic rings. The maximum Gasteiger partial charge on any atom is 0.0679 e. The van der Waals surface area contributed by atoms with Gasteiger partial charge in [-0.2, -0.15) is 0 Å². The molecule has 0 unspecified atom stereocenters. The molecule has 0 rings (SSSR count). The summed E-state index contributed by atoms with van der Waals surface area (Å²) in [7, 11) is 0. The molecule has 0 bridgehead atoms. The van der Waals surface area contributed by atoms with Gasteiger partial charge >= 0.3 is 0 Å². The average molecular weight is 143 g/mol. The van der Waals surface area contributed by atoms with Crippen molar-refractivity contribution < 1.29 is 4.84 Å². The Balaban J connectivity index is 2.84. The first kappa shape index (κ1) is 9.66. The van der Waals surface area contributed by atoms with Crippen molar-refractivity contribution in [2.75, 3.05) is 13.2 Å². The van der Waals surface area contributed by atoms with Crippen molar-refractivity contribution in [3.05, 3.63) is 12.2 Å². The van der Waals surface area contributed by atoms with Crippen molar-refractivity contribution in [3.8, 4) is 0 Å². The van der Waals surface area contributed by atoms with Crippen molar-refractivity contribution in [2.24, 2.45) is 0 Å². The molecule has 0 heterocycles. The topological polar surface area (TPSA) is 21.3 Å². The molecule has 2 nitrogen and oxygen atoms in total. The van der Waals surface area contributed by atoms with E-state index in [9.17, 15) is 0 Å². The van der Waals surface area contributed by atoms with Gasteiger partial charge in [0, 0.05) is 6.54 Å². The van der Waals surface area contributed by atoms with Crippen LogP contribution in [-0.2, 0) is 4.84 Å². The summed E-state index contributed by atoms with van der Waals surface area (Å²) in [6, 6.07) is 0. The lowest BCUT2D eigenvalue weighted by Gasteiger charge is -2.02. The van der Waals surface area contributed by atoms with Crippen LogP contribution >= 0.6 is 0 Å². The highest BCUT2D eigenvalue weighted by Crippen LogP contribution is 1.91. The summed E-state index contributed by atoms with van der Waals surface area (Å²) in [5.74, 6) is 0. The molecule has 0 aromatic heterocycles. The zero-order valence-corrected chi connectivity index (χ0v) is 6.94. The maximum absolute atomic E-state index is 5.04. The minimum absolute atomic E-state index is 0.788. The second-order valence-electron chi connectivity index (χ2n) is 2.45. The Labute approximate surface area is 63.2 Å². The monoisotopic (exact) mass is 143 g/mol. The Morgan fingerprint density at radius 3 is 2.80 bits per heavy atom. The molecule has 0 fully saturated rings. The maximum atomic E-state index is 5.04. The first-order valence-electron chi connectivity index (χ1n) is 3.76. The third-order valence-electron chi connectivity index (χ3n) is 1.06. The zero-order chi connectivity index (χ0) is 7.82. The van der Waals surface area contributed by atoms with Crippen molar-refractivity contribution in [2.45, 2.75) is 26.7 Å². The Bertz CT molecular complexity index is 91.3. The molecule has 1 N–H and O–H groups in total. The molecule has 2 heteroatoms. The largest absolute Gasteiger partial charge is 0.302 e. The number of hydrogen-bond donors (Lipinski definition) is 1.